The molecule has 0 amide bonds. The molecule has 1 rings (SSSR count). The Bertz CT molecular complexity index is 190. The Morgan fingerprint density at radius 3 is 2.54 bits per heavy atom. The summed E-state index contributed by atoms with van der Waals surface area (Å²) in [5.41, 5.74) is 0. The molecule has 0 N–H and O–H groups in total. The van der Waals surface area contributed by atoms with Crippen LogP contribution in [0, 0.1) is 5.92 Å². The SMILES string of the molecule is C=CC1(C=C)OCC(C(C)CC)O1. The van der Waals surface area contributed by atoms with E-state index in [9.17, 15) is 0 Å². The van der Waals surface area contributed by atoms with Gasteiger partial charge in [0.2, 0.25) is 5.79 Å². The van der Waals surface area contributed by atoms with Crippen LogP contribution in [0.4, 0.5) is 0 Å². The summed E-state index contributed by atoms with van der Waals surface area (Å²) in [5, 5.41) is 0. The highest BCUT2D eigenvalue weighted by molar-refractivity contribution is 5.06. The molecule has 1 heterocycles. The lowest BCUT2D eigenvalue weighted by atomic mass is 10.0. The molecule has 0 aromatic heterocycles. The molecule has 2 nitrogen and oxygen atoms in total. The van der Waals surface area contributed by atoms with Crippen LogP contribution in [-0.4, -0.2) is 18.5 Å². The Morgan fingerprint density at radius 2 is 2.15 bits per heavy atom. The van der Waals surface area contributed by atoms with Crippen molar-refractivity contribution >= 4 is 0 Å². The van der Waals surface area contributed by atoms with Crippen molar-refractivity contribution < 1.29 is 9.47 Å². The van der Waals surface area contributed by atoms with Crippen molar-refractivity contribution in [2.45, 2.75) is 32.2 Å². The van der Waals surface area contributed by atoms with Gasteiger partial charge in [-0.1, -0.05) is 33.4 Å². The van der Waals surface area contributed by atoms with Gasteiger partial charge >= 0.3 is 0 Å². The first kappa shape index (κ1) is 10.5. The maximum Gasteiger partial charge on any atom is 0.207 e. The number of ether oxygens (including phenoxy) is 2. The Labute approximate surface area is 80.2 Å². The molecule has 0 aromatic rings. The van der Waals surface area contributed by atoms with Crippen molar-refractivity contribution in [3.05, 3.63) is 25.3 Å². The Kier molecular flexibility index (Phi) is 3.28. The van der Waals surface area contributed by atoms with Crippen LogP contribution in [0.15, 0.2) is 25.3 Å². The first-order valence-corrected chi connectivity index (χ1v) is 4.76. The summed E-state index contributed by atoms with van der Waals surface area (Å²) in [5.74, 6) is -0.226. The summed E-state index contributed by atoms with van der Waals surface area (Å²) >= 11 is 0. The van der Waals surface area contributed by atoms with Crippen molar-refractivity contribution in [2.75, 3.05) is 6.61 Å². The Hall–Kier alpha value is -0.600. The second-order valence-corrected chi connectivity index (χ2v) is 3.48. The van der Waals surface area contributed by atoms with E-state index >= 15 is 0 Å². The monoisotopic (exact) mass is 182 g/mol. The van der Waals surface area contributed by atoms with Crippen molar-refractivity contribution in [2.24, 2.45) is 5.92 Å². The van der Waals surface area contributed by atoms with Crippen LogP contribution in [-0.2, 0) is 9.47 Å². The lowest BCUT2D eigenvalue weighted by Gasteiger charge is -2.21. The minimum atomic E-state index is -0.742. The second kappa shape index (κ2) is 4.07. The highest BCUT2D eigenvalue weighted by Gasteiger charge is 2.38. The fourth-order valence-corrected chi connectivity index (χ4v) is 1.36. The Morgan fingerprint density at radius 1 is 1.54 bits per heavy atom. The molecule has 2 unspecified atom stereocenters. The van der Waals surface area contributed by atoms with E-state index in [1.807, 2.05) is 0 Å². The molecule has 2 heteroatoms. The van der Waals surface area contributed by atoms with Crippen LogP contribution in [0.2, 0.25) is 0 Å². The molecule has 1 saturated heterocycles. The number of rotatable bonds is 4. The minimum absolute atomic E-state index is 0.168. The van der Waals surface area contributed by atoms with E-state index in [-0.39, 0.29) is 6.10 Å². The summed E-state index contributed by atoms with van der Waals surface area (Å²) in [7, 11) is 0. The quantitative estimate of drug-likeness (QED) is 0.622. The normalized spacial score (nSPS) is 28.3. The topological polar surface area (TPSA) is 18.5 Å². The van der Waals surface area contributed by atoms with Gasteiger partial charge in [0, 0.05) is 0 Å². The number of hydrogen-bond acceptors (Lipinski definition) is 2. The van der Waals surface area contributed by atoms with E-state index in [0.717, 1.165) is 6.42 Å². The number of hydrogen-bond donors (Lipinski definition) is 0. The van der Waals surface area contributed by atoms with E-state index in [0.29, 0.717) is 12.5 Å². The van der Waals surface area contributed by atoms with Gasteiger partial charge in [0.05, 0.1) is 12.7 Å². The third-order valence-corrected chi connectivity index (χ3v) is 2.66. The lowest BCUT2D eigenvalue weighted by Crippen LogP contribution is -2.27. The molecule has 74 valence electrons. The van der Waals surface area contributed by atoms with Crippen LogP contribution in [0.25, 0.3) is 0 Å². The van der Waals surface area contributed by atoms with Gasteiger partial charge in [-0.15, -0.1) is 0 Å². The fraction of sp³-hybridized carbons (Fsp3) is 0.636. The predicted octanol–water partition coefficient (Wildman–Crippen LogP) is 2.52. The summed E-state index contributed by atoms with van der Waals surface area (Å²) in [6.07, 6.45) is 4.57. The molecule has 1 fully saturated rings. The van der Waals surface area contributed by atoms with Crippen LogP contribution >= 0.6 is 0 Å². The van der Waals surface area contributed by atoms with Gasteiger partial charge in [-0.2, -0.15) is 0 Å². The van der Waals surface area contributed by atoms with Crippen molar-refractivity contribution in [1.82, 2.24) is 0 Å². The molecule has 0 radical (unpaired) electrons. The van der Waals surface area contributed by atoms with Crippen LogP contribution in [0.5, 0.6) is 0 Å². The van der Waals surface area contributed by atoms with Crippen molar-refractivity contribution in [3.8, 4) is 0 Å². The van der Waals surface area contributed by atoms with Crippen LogP contribution in [0.1, 0.15) is 20.3 Å². The molecule has 1 aliphatic heterocycles. The van der Waals surface area contributed by atoms with Gasteiger partial charge in [0.15, 0.2) is 0 Å². The molecule has 0 aliphatic carbocycles. The van der Waals surface area contributed by atoms with E-state index in [4.69, 9.17) is 9.47 Å². The Balaban J connectivity index is 2.61. The third-order valence-electron chi connectivity index (χ3n) is 2.66. The molecule has 0 aromatic carbocycles. The molecular formula is C11H18O2. The van der Waals surface area contributed by atoms with Gasteiger partial charge in [-0.25, -0.2) is 0 Å². The molecule has 1 aliphatic rings. The zero-order valence-electron chi connectivity index (χ0n) is 8.45. The average Bonchev–Trinajstić information content (AvgIpc) is 2.61. The maximum atomic E-state index is 5.74. The van der Waals surface area contributed by atoms with E-state index in [1.165, 1.54) is 0 Å². The standard InChI is InChI=1S/C11H18O2/c1-5-9(4)10-8-12-11(6-2,7-3)13-10/h6-7,9-10H,2-3,5,8H2,1,4H3. The van der Waals surface area contributed by atoms with Gasteiger partial charge in [0.25, 0.3) is 0 Å². The summed E-state index contributed by atoms with van der Waals surface area (Å²) in [4.78, 5) is 0. The highest BCUT2D eigenvalue weighted by atomic mass is 16.7. The summed E-state index contributed by atoms with van der Waals surface area (Å²) in [6.45, 7) is 12.3. The van der Waals surface area contributed by atoms with Gasteiger partial charge in [-0.3, -0.25) is 0 Å². The van der Waals surface area contributed by atoms with E-state index < -0.39 is 5.79 Å². The smallest absolute Gasteiger partial charge is 0.207 e. The zero-order chi connectivity index (χ0) is 9.90. The van der Waals surface area contributed by atoms with Crippen molar-refractivity contribution in [3.63, 3.8) is 0 Å². The van der Waals surface area contributed by atoms with E-state index in [2.05, 4.69) is 27.0 Å². The zero-order valence-corrected chi connectivity index (χ0v) is 8.45. The van der Waals surface area contributed by atoms with Crippen molar-refractivity contribution in [1.29, 1.82) is 0 Å². The maximum absolute atomic E-state index is 5.74. The predicted molar refractivity (Wildman–Crippen MR) is 53.4 cm³/mol. The summed E-state index contributed by atoms with van der Waals surface area (Å²) < 4.78 is 11.3. The van der Waals surface area contributed by atoms with Gasteiger partial charge < -0.3 is 9.47 Å². The lowest BCUT2D eigenvalue weighted by molar-refractivity contribution is -0.0955. The van der Waals surface area contributed by atoms with Crippen LogP contribution < -0.4 is 0 Å². The first-order valence-electron chi connectivity index (χ1n) is 4.76. The first-order chi connectivity index (χ1) is 6.17. The third kappa shape index (κ3) is 2.01. The second-order valence-electron chi connectivity index (χ2n) is 3.48. The molecule has 0 bridgehead atoms. The largest absolute Gasteiger partial charge is 0.340 e. The van der Waals surface area contributed by atoms with Gasteiger partial charge in [-0.05, 0) is 18.1 Å². The molecule has 0 spiro atoms. The molecule has 0 saturated carbocycles. The summed E-state index contributed by atoms with van der Waals surface area (Å²) in [6, 6.07) is 0. The molecule has 2 atom stereocenters. The minimum Gasteiger partial charge on any atom is -0.340 e. The average molecular weight is 182 g/mol. The highest BCUT2D eigenvalue weighted by Crippen LogP contribution is 2.30. The van der Waals surface area contributed by atoms with E-state index in [1.54, 1.807) is 12.2 Å². The molecular weight excluding hydrogens is 164 g/mol. The molecule has 13 heavy (non-hydrogen) atoms. The fourth-order valence-electron chi connectivity index (χ4n) is 1.36. The van der Waals surface area contributed by atoms with Crippen LogP contribution in [0.3, 0.4) is 0 Å². The van der Waals surface area contributed by atoms with Gasteiger partial charge in [0.1, 0.15) is 0 Å².